The summed E-state index contributed by atoms with van der Waals surface area (Å²) in [5, 5.41) is 2.13. The van der Waals surface area contributed by atoms with E-state index in [0.717, 1.165) is 46.2 Å². The second-order valence-electron chi connectivity index (χ2n) is 9.25. The van der Waals surface area contributed by atoms with Gasteiger partial charge in [-0.1, -0.05) is 56.0 Å². The molecule has 5 rings (SSSR count). The fourth-order valence-corrected chi connectivity index (χ4v) is 5.81. The van der Waals surface area contributed by atoms with Crippen molar-refractivity contribution in [1.82, 2.24) is 14.3 Å². The number of carbonyl (C=O) groups is 1. The first-order valence-corrected chi connectivity index (χ1v) is 13.1. The summed E-state index contributed by atoms with van der Waals surface area (Å²) in [5.41, 5.74) is 4.04. The maximum absolute atomic E-state index is 13.3. The molecule has 1 amide bonds. The van der Waals surface area contributed by atoms with Gasteiger partial charge in [-0.2, -0.15) is 0 Å². The summed E-state index contributed by atoms with van der Waals surface area (Å²) in [6.07, 6.45) is 9.59. The summed E-state index contributed by atoms with van der Waals surface area (Å²) in [6.45, 7) is 1.32. The van der Waals surface area contributed by atoms with E-state index in [1.807, 2.05) is 29.3 Å². The van der Waals surface area contributed by atoms with Gasteiger partial charge in [0.2, 0.25) is 5.91 Å². The smallest absolute Gasteiger partial charge is 0.222 e. The zero-order valence-corrected chi connectivity index (χ0v) is 20.1. The van der Waals surface area contributed by atoms with E-state index in [-0.39, 0.29) is 11.7 Å². The molecule has 2 aromatic carbocycles. The van der Waals surface area contributed by atoms with Crippen molar-refractivity contribution in [3.8, 4) is 11.3 Å². The molecule has 0 bridgehead atoms. The number of imidazole rings is 1. The lowest BCUT2D eigenvalue weighted by atomic mass is 10.0. The van der Waals surface area contributed by atoms with Gasteiger partial charge in [-0.25, -0.2) is 9.37 Å². The molecular weight excluding hydrogens is 445 g/mol. The Balaban J connectivity index is 1.29. The Kier molecular flexibility index (Phi) is 7.05. The highest BCUT2D eigenvalue weighted by Gasteiger charge is 2.20. The first-order chi connectivity index (χ1) is 16.7. The fraction of sp³-hybridized carbons (Fsp3) is 0.357. The predicted octanol–water partition coefficient (Wildman–Crippen LogP) is 6.74. The molecule has 0 aliphatic heterocycles. The third-order valence-electron chi connectivity index (χ3n) is 6.87. The number of benzene rings is 2. The number of aromatic nitrogens is 2. The number of thiazole rings is 1. The van der Waals surface area contributed by atoms with Crippen molar-refractivity contribution < 1.29 is 9.18 Å². The molecule has 0 radical (unpaired) electrons. The van der Waals surface area contributed by atoms with Crippen LogP contribution in [0.3, 0.4) is 0 Å². The van der Waals surface area contributed by atoms with Crippen LogP contribution >= 0.6 is 11.3 Å². The Hall–Kier alpha value is -2.99. The van der Waals surface area contributed by atoms with Gasteiger partial charge in [-0.15, -0.1) is 11.3 Å². The number of nitrogens with zero attached hydrogens (tertiary/aromatic N) is 3. The Morgan fingerprint density at radius 1 is 1.09 bits per heavy atom. The minimum Gasteiger partial charge on any atom is -0.338 e. The average molecular weight is 476 g/mol. The van der Waals surface area contributed by atoms with Crippen LogP contribution in [0, 0.1) is 11.7 Å². The molecule has 4 aromatic rings. The van der Waals surface area contributed by atoms with Crippen molar-refractivity contribution in [2.45, 2.75) is 51.5 Å². The monoisotopic (exact) mass is 475 g/mol. The van der Waals surface area contributed by atoms with Gasteiger partial charge >= 0.3 is 0 Å². The SMILES string of the molecule is O=C(CCC1CCCC1)N(CCc1csc2nc(-c3ccc(F)cc3)cn12)Cc1ccccc1. The Labute approximate surface area is 204 Å². The largest absolute Gasteiger partial charge is 0.338 e. The molecule has 1 aliphatic carbocycles. The number of halogens is 1. The van der Waals surface area contributed by atoms with Crippen molar-refractivity contribution in [3.63, 3.8) is 0 Å². The van der Waals surface area contributed by atoms with Crippen LogP contribution in [0.25, 0.3) is 16.2 Å². The van der Waals surface area contributed by atoms with Crippen LogP contribution in [0.5, 0.6) is 0 Å². The van der Waals surface area contributed by atoms with Gasteiger partial charge in [0.25, 0.3) is 0 Å². The lowest BCUT2D eigenvalue weighted by Crippen LogP contribution is -2.32. The van der Waals surface area contributed by atoms with E-state index in [9.17, 15) is 9.18 Å². The highest BCUT2D eigenvalue weighted by molar-refractivity contribution is 7.15. The Morgan fingerprint density at radius 3 is 2.62 bits per heavy atom. The van der Waals surface area contributed by atoms with E-state index in [4.69, 9.17) is 4.98 Å². The molecule has 0 saturated heterocycles. The third kappa shape index (κ3) is 5.39. The highest BCUT2D eigenvalue weighted by atomic mass is 32.1. The normalized spacial score (nSPS) is 14.1. The highest BCUT2D eigenvalue weighted by Crippen LogP contribution is 2.29. The number of carbonyl (C=O) groups excluding carboxylic acids is 1. The molecule has 0 unspecified atom stereocenters. The van der Waals surface area contributed by atoms with E-state index in [1.165, 1.54) is 37.8 Å². The zero-order valence-electron chi connectivity index (χ0n) is 19.3. The fourth-order valence-electron chi connectivity index (χ4n) is 4.90. The molecule has 4 nitrogen and oxygen atoms in total. The summed E-state index contributed by atoms with van der Waals surface area (Å²) in [6, 6.07) is 16.7. The molecule has 1 aliphatic rings. The minimum atomic E-state index is -0.249. The number of amides is 1. The lowest BCUT2D eigenvalue weighted by Gasteiger charge is -2.23. The molecule has 2 heterocycles. The number of fused-ring (bicyclic) bond motifs is 1. The van der Waals surface area contributed by atoms with Crippen LogP contribution in [0.1, 0.15) is 49.8 Å². The molecule has 1 saturated carbocycles. The van der Waals surface area contributed by atoms with Crippen LogP contribution in [-0.2, 0) is 17.8 Å². The maximum atomic E-state index is 13.3. The molecule has 2 aromatic heterocycles. The summed E-state index contributed by atoms with van der Waals surface area (Å²) < 4.78 is 15.4. The van der Waals surface area contributed by atoms with E-state index in [1.54, 1.807) is 23.5 Å². The third-order valence-corrected chi connectivity index (χ3v) is 7.76. The van der Waals surface area contributed by atoms with Gasteiger partial charge in [0, 0.05) is 48.8 Å². The molecule has 0 spiro atoms. The lowest BCUT2D eigenvalue weighted by molar-refractivity contribution is -0.132. The molecule has 176 valence electrons. The van der Waals surface area contributed by atoms with Crippen molar-refractivity contribution in [3.05, 3.63) is 83.2 Å². The van der Waals surface area contributed by atoms with Gasteiger partial charge in [-0.3, -0.25) is 9.20 Å². The zero-order chi connectivity index (χ0) is 23.3. The summed E-state index contributed by atoms with van der Waals surface area (Å²) >= 11 is 1.60. The Morgan fingerprint density at radius 2 is 1.85 bits per heavy atom. The molecule has 34 heavy (non-hydrogen) atoms. The molecule has 0 atom stereocenters. The molecule has 0 N–H and O–H groups in total. The molecule has 6 heteroatoms. The standard InChI is InChI=1S/C28H30FN3OS/c29-24-13-11-23(12-14-24)26-19-32-25(20-34-28(32)30-26)16-17-31(18-22-8-2-1-3-9-22)27(33)15-10-21-6-4-5-7-21/h1-3,8-9,11-14,19-21H,4-7,10,15-18H2. The van der Waals surface area contributed by atoms with E-state index >= 15 is 0 Å². The first kappa shape index (κ1) is 22.8. The second-order valence-corrected chi connectivity index (χ2v) is 10.1. The van der Waals surface area contributed by atoms with Gasteiger partial charge in [0.15, 0.2) is 4.96 Å². The summed E-state index contributed by atoms with van der Waals surface area (Å²) in [4.78, 5) is 20.9. The van der Waals surface area contributed by atoms with E-state index in [2.05, 4.69) is 21.9 Å². The molecule has 1 fully saturated rings. The molecular formula is C28H30FN3OS. The van der Waals surface area contributed by atoms with Gasteiger partial charge < -0.3 is 4.90 Å². The predicted molar refractivity (Wildman–Crippen MR) is 135 cm³/mol. The van der Waals surface area contributed by atoms with Crippen molar-refractivity contribution >= 4 is 22.2 Å². The van der Waals surface area contributed by atoms with Crippen LogP contribution in [0.15, 0.2) is 66.2 Å². The summed E-state index contributed by atoms with van der Waals surface area (Å²) in [7, 11) is 0. The van der Waals surface area contributed by atoms with Crippen molar-refractivity contribution in [1.29, 1.82) is 0 Å². The van der Waals surface area contributed by atoms with Crippen LogP contribution in [0.2, 0.25) is 0 Å². The van der Waals surface area contributed by atoms with Crippen LogP contribution in [-0.4, -0.2) is 26.7 Å². The first-order valence-electron chi connectivity index (χ1n) is 12.2. The van der Waals surface area contributed by atoms with E-state index < -0.39 is 0 Å². The number of hydrogen-bond donors (Lipinski definition) is 0. The number of rotatable bonds is 9. The van der Waals surface area contributed by atoms with Crippen molar-refractivity contribution in [2.75, 3.05) is 6.54 Å². The van der Waals surface area contributed by atoms with Crippen molar-refractivity contribution in [2.24, 2.45) is 5.92 Å². The Bertz CT molecular complexity index is 1230. The minimum absolute atomic E-state index is 0.249. The van der Waals surface area contributed by atoms with E-state index in [0.29, 0.717) is 19.5 Å². The average Bonchev–Trinajstić information content (AvgIpc) is 3.60. The van der Waals surface area contributed by atoms with Gasteiger partial charge in [0.1, 0.15) is 5.82 Å². The number of hydrogen-bond acceptors (Lipinski definition) is 3. The summed E-state index contributed by atoms with van der Waals surface area (Å²) in [5.74, 6) is 0.719. The van der Waals surface area contributed by atoms with Gasteiger partial charge in [-0.05, 0) is 42.2 Å². The van der Waals surface area contributed by atoms with Crippen LogP contribution in [0.4, 0.5) is 4.39 Å². The van der Waals surface area contributed by atoms with Gasteiger partial charge in [0.05, 0.1) is 5.69 Å². The van der Waals surface area contributed by atoms with Crippen LogP contribution < -0.4 is 0 Å². The maximum Gasteiger partial charge on any atom is 0.222 e. The topological polar surface area (TPSA) is 37.6 Å². The second kappa shape index (κ2) is 10.5. The quantitative estimate of drug-likeness (QED) is 0.269.